The third-order valence-electron chi connectivity index (χ3n) is 3.46. The van der Waals surface area contributed by atoms with E-state index < -0.39 is 18.6 Å². The van der Waals surface area contributed by atoms with Gasteiger partial charge in [-0.15, -0.1) is 24.0 Å². The summed E-state index contributed by atoms with van der Waals surface area (Å²) in [5.41, 5.74) is 1.79. The first-order valence-corrected chi connectivity index (χ1v) is 7.62. The highest BCUT2D eigenvalue weighted by Gasteiger charge is 2.31. The van der Waals surface area contributed by atoms with Crippen LogP contribution in [-0.2, 0) is 11.2 Å². The fourth-order valence-corrected chi connectivity index (χ4v) is 2.13. The van der Waals surface area contributed by atoms with E-state index in [9.17, 15) is 22.4 Å². The van der Waals surface area contributed by atoms with E-state index in [1.807, 2.05) is 0 Å². The normalized spacial score (nSPS) is 11.6. The van der Waals surface area contributed by atoms with Gasteiger partial charge in [-0.1, -0.05) is 6.07 Å². The summed E-state index contributed by atoms with van der Waals surface area (Å²) < 4.78 is 49.8. The third-order valence-corrected chi connectivity index (χ3v) is 3.46. The number of nitrogens with one attached hydrogen (secondary N) is 2. The SMILES string of the molecule is CN=C(NCCc1ccc(F)cc1C)NCC(=O)N(C)CC(F)(F)F.I. The molecule has 2 N–H and O–H groups in total. The Morgan fingerprint density at radius 3 is 2.46 bits per heavy atom. The number of hydrogen-bond donors (Lipinski definition) is 2. The van der Waals surface area contributed by atoms with Crippen molar-refractivity contribution in [2.24, 2.45) is 4.99 Å². The van der Waals surface area contributed by atoms with Gasteiger partial charge in [0, 0.05) is 20.6 Å². The molecule has 0 radical (unpaired) electrons. The summed E-state index contributed by atoms with van der Waals surface area (Å²) in [6.07, 6.45) is -3.83. The minimum Gasteiger partial charge on any atom is -0.356 e. The number of amides is 1. The van der Waals surface area contributed by atoms with E-state index >= 15 is 0 Å². The lowest BCUT2D eigenvalue weighted by Gasteiger charge is -2.20. The van der Waals surface area contributed by atoms with Crippen LogP contribution in [0.5, 0.6) is 0 Å². The lowest BCUT2D eigenvalue weighted by atomic mass is 10.1. The molecule has 0 fully saturated rings. The molecule has 0 bridgehead atoms. The molecule has 10 heteroatoms. The quantitative estimate of drug-likeness (QED) is 0.279. The third kappa shape index (κ3) is 9.20. The monoisotopic (exact) mass is 490 g/mol. The van der Waals surface area contributed by atoms with E-state index in [0.29, 0.717) is 23.8 Å². The number of guanidine groups is 1. The van der Waals surface area contributed by atoms with E-state index in [2.05, 4.69) is 15.6 Å². The molecular weight excluding hydrogens is 467 g/mol. The van der Waals surface area contributed by atoms with Gasteiger partial charge >= 0.3 is 6.18 Å². The van der Waals surface area contributed by atoms with Gasteiger partial charge in [-0.3, -0.25) is 9.79 Å². The van der Waals surface area contributed by atoms with Crippen LogP contribution in [0.3, 0.4) is 0 Å². The van der Waals surface area contributed by atoms with Gasteiger partial charge in [-0.05, 0) is 36.6 Å². The molecule has 1 rings (SSSR count). The van der Waals surface area contributed by atoms with Crippen LogP contribution < -0.4 is 10.6 Å². The zero-order valence-corrected chi connectivity index (χ0v) is 17.1. The molecular formula is C16H23F4IN4O. The summed E-state index contributed by atoms with van der Waals surface area (Å²) >= 11 is 0. The van der Waals surface area contributed by atoms with Crippen molar-refractivity contribution < 1.29 is 22.4 Å². The molecule has 0 spiro atoms. The van der Waals surface area contributed by atoms with Crippen molar-refractivity contribution in [1.82, 2.24) is 15.5 Å². The Bertz CT molecular complexity index is 623. The molecule has 148 valence electrons. The molecule has 0 aliphatic heterocycles. The second-order valence-electron chi connectivity index (χ2n) is 5.54. The summed E-state index contributed by atoms with van der Waals surface area (Å²) in [6.45, 7) is 0.671. The number of alkyl halides is 3. The van der Waals surface area contributed by atoms with Gasteiger partial charge in [0.05, 0.1) is 6.54 Å². The van der Waals surface area contributed by atoms with Crippen LogP contribution in [0.25, 0.3) is 0 Å². The number of carbonyl (C=O) groups is 1. The number of hydrogen-bond acceptors (Lipinski definition) is 2. The van der Waals surface area contributed by atoms with E-state index in [4.69, 9.17) is 0 Å². The van der Waals surface area contributed by atoms with Gasteiger partial charge in [0.2, 0.25) is 5.91 Å². The molecule has 1 aromatic rings. The highest BCUT2D eigenvalue weighted by Crippen LogP contribution is 2.15. The van der Waals surface area contributed by atoms with E-state index in [1.54, 1.807) is 13.0 Å². The summed E-state index contributed by atoms with van der Waals surface area (Å²) in [5, 5.41) is 5.62. The second kappa shape index (κ2) is 11.2. The maximum Gasteiger partial charge on any atom is 0.406 e. The molecule has 0 aliphatic rings. The summed E-state index contributed by atoms with van der Waals surface area (Å²) in [5.74, 6) is -0.698. The van der Waals surface area contributed by atoms with Crippen molar-refractivity contribution in [2.45, 2.75) is 19.5 Å². The predicted octanol–water partition coefficient (Wildman–Crippen LogP) is 2.48. The standard InChI is InChI=1S/C16H22F4N4O.HI/c1-11-8-13(17)5-4-12(11)6-7-22-15(21-2)23-9-14(25)24(3)10-16(18,19)20;/h4-5,8H,6-7,9-10H2,1-3H3,(H2,21,22,23);1H. The van der Waals surface area contributed by atoms with Crippen molar-refractivity contribution in [3.8, 4) is 0 Å². The van der Waals surface area contributed by atoms with Gasteiger partial charge in [0.15, 0.2) is 5.96 Å². The maximum absolute atomic E-state index is 13.0. The highest BCUT2D eigenvalue weighted by molar-refractivity contribution is 14.0. The minimum absolute atomic E-state index is 0. The van der Waals surface area contributed by atoms with Crippen molar-refractivity contribution >= 4 is 35.8 Å². The van der Waals surface area contributed by atoms with E-state index in [-0.39, 0.29) is 36.3 Å². The van der Waals surface area contributed by atoms with Gasteiger partial charge in [0.25, 0.3) is 0 Å². The number of aryl methyl sites for hydroxylation is 1. The molecule has 0 aliphatic carbocycles. The fraction of sp³-hybridized carbons (Fsp3) is 0.500. The predicted molar refractivity (Wildman–Crippen MR) is 103 cm³/mol. The first-order valence-electron chi connectivity index (χ1n) is 7.62. The Morgan fingerprint density at radius 1 is 1.27 bits per heavy atom. The average molecular weight is 490 g/mol. The first-order chi connectivity index (χ1) is 11.6. The summed E-state index contributed by atoms with van der Waals surface area (Å²) in [6, 6.07) is 4.51. The number of likely N-dealkylation sites (N-methyl/N-ethyl adjacent to an activating group) is 1. The van der Waals surface area contributed by atoms with Crippen LogP contribution in [0.15, 0.2) is 23.2 Å². The summed E-state index contributed by atoms with van der Waals surface area (Å²) in [7, 11) is 2.58. The largest absolute Gasteiger partial charge is 0.406 e. The molecule has 0 saturated heterocycles. The van der Waals surface area contributed by atoms with Crippen LogP contribution in [0.4, 0.5) is 17.6 Å². The van der Waals surface area contributed by atoms with Crippen molar-refractivity contribution in [1.29, 1.82) is 0 Å². The Kier molecular flexibility index (Phi) is 10.5. The first kappa shape index (κ1) is 24.4. The van der Waals surface area contributed by atoms with Crippen LogP contribution in [0.2, 0.25) is 0 Å². The molecule has 0 aromatic heterocycles. The number of aliphatic imine (C=N–C) groups is 1. The number of nitrogens with zero attached hydrogens (tertiary/aromatic N) is 2. The van der Waals surface area contributed by atoms with Crippen molar-refractivity contribution in [3.63, 3.8) is 0 Å². The topological polar surface area (TPSA) is 56.7 Å². The Balaban J connectivity index is 0.00000625. The Labute approximate surface area is 167 Å². The van der Waals surface area contributed by atoms with E-state index in [1.165, 1.54) is 19.2 Å². The smallest absolute Gasteiger partial charge is 0.356 e. The molecule has 26 heavy (non-hydrogen) atoms. The molecule has 1 aromatic carbocycles. The van der Waals surface area contributed by atoms with Gasteiger partial charge in [0.1, 0.15) is 12.4 Å². The maximum atomic E-state index is 13.0. The van der Waals surface area contributed by atoms with Crippen LogP contribution >= 0.6 is 24.0 Å². The number of halogens is 5. The minimum atomic E-state index is -4.43. The molecule has 0 unspecified atom stereocenters. The molecule has 0 heterocycles. The second-order valence-corrected chi connectivity index (χ2v) is 5.54. The summed E-state index contributed by atoms with van der Waals surface area (Å²) in [4.78, 5) is 16.2. The lowest BCUT2D eigenvalue weighted by molar-refractivity contribution is -0.157. The Morgan fingerprint density at radius 2 is 1.92 bits per heavy atom. The zero-order chi connectivity index (χ0) is 19.0. The van der Waals surface area contributed by atoms with Gasteiger partial charge in [-0.2, -0.15) is 13.2 Å². The lowest BCUT2D eigenvalue weighted by Crippen LogP contribution is -2.45. The van der Waals surface area contributed by atoms with Crippen molar-refractivity contribution in [2.75, 3.05) is 33.7 Å². The molecule has 5 nitrogen and oxygen atoms in total. The van der Waals surface area contributed by atoms with Crippen LogP contribution in [0, 0.1) is 12.7 Å². The number of benzene rings is 1. The fourth-order valence-electron chi connectivity index (χ4n) is 2.13. The number of rotatable bonds is 6. The number of carbonyl (C=O) groups excluding carboxylic acids is 1. The molecule has 1 amide bonds. The van der Waals surface area contributed by atoms with Crippen molar-refractivity contribution in [3.05, 3.63) is 35.1 Å². The van der Waals surface area contributed by atoms with Crippen LogP contribution in [-0.4, -0.2) is 56.7 Å². The van der Waals surface area contributed by atoms with E-state index in [0.717, 1.165) is 18.2 Å². The average Bonchev–Trinajstić information content (AvgIpc) is 2.50. The molecule has 0 saturated carbocycles. The van der Waals surface area contributed by atoms with Gasteiger partial charge in [-0.25, -0.2) is 4.39 Å². The van der Waals surface area contributed by atoms with Gasteiger partial charge < -0.3 is 15.5 Å². The van der Waals surface area contributed by atoms with Crippen LogP contribution in [0.1, 0.15) is 11.1 Å². The highest BCUT2D eigenvalue weighted by atomic mass is 127. The molecule has 0 atom stereocenters. The Hall–Kier alpha value is -1.59. The zero-order valence-electron chi connectivity index (χ0n) is 14.8.